The Kier molecular flexibility index (Phi) is 58.0. The molecule has 86 heavy (non-hydrogen) atoms. The van der Waals surface area contributed by atoms with Crippen LogP contribution in [0.25, 0.3) is 0 Å². The van der Waals surface area contributed by atoms with Gasteiger partial charge in [-0.15, -0.1) is 0 Å². The third-order valence-corrected chi connectivity index (χ3v) is 17.4. The number of esters is 4. The van der Waals surface area contributed by atoms with Crippen molar-refractivity contribution >= 4 is 39.5 Å². The van der Waals surface area contributed by atoms with Crippen LogP contribution in [0.4, 0.5) is 0 Å². The number of ether oxygens (including phenoxy) is 4. The molecular weight excluding hydrogens is 1140 g/mol. The summed E-state index contributed by atoms with van der Waals surface area (Å²) in [5.74, 6) is -0.786. The molecule has 0 fully saturated rings. The molecule has 0 rings (SSSR count). The van der Waals surface area contributed by atoms with Crippen molar-refractivity contribution < 1.29 is 80.2 Å². The third kappa shape index (κ3) is 60.9. The first-order chi connectivity index (χ1) is 41.4. The van der Waals surface area contributed by atoms with Crippen LogP contribution in [-0.2, 0) is 65.4 Å². The summed E-state index contributed by atoms with van der Waals surface area (Å²) < 4.78 is 68.1. The van der Waals surface area contributed by atoms with Crippen LogP contribution < -0.4 is 0 Å². The first kappa shape index (κ1) is 84.1. The lowest BCUT2D eigenvalue weighted by Gasteiger charge is -2.21. The molecule has 0 radical (unpaired) electrons. The maximum Gasteiger partial charge on any atom is 0.472 e. The second-order valence-corrected chi connectivity index (χ2v) is 28.1. The van der Waals surface area contributed by atoms with Gasteiger partial charge in [0.05, 0.1) is 26.4 Å². The first-order valence-corrected chi connectivity index (χ1v) is 38.0. The number of aliphatic hydroxyl groups is 1. The van der Waals surface area contributed by atoms with Gasteiger partial charge in [-0.1, -0.05) is 286 Å². The van der Waals surface area contributed by atoms with E-state index in [4.69, 9.17) is 37.0 Å². The Morgan fingerprint density at radius 1 is 0.314 bits per heavy atom. The van der Waals surface area contributed by atoms with E-state index in [9.17, 15) is 43.2 Å². The number of hydrogen-bond acceptors (Lipinski definition) is 15. The van der Waals surface area contributed by atoms with E-state index >= 15 is 0 Å². The highest BCUT2D eigenvalue weighted by Gasteiger charge is 2.30. The average Bonchev–Trinajstić information content (AvgIpc) is 3.66. The van der Waals surface area contributed by atoms with Crippen LogP contribution >= 0.6 is 15.6 Å². The lowest BCUT2D eigenvalue weighted by molar-refractivity contribution is -0.161. The maximum absolute atomic E-state index is 13.0. The number of aliphatic hydroxyl groups excluding tert-OH is 1. The molecule has 5 atom stereocenters. The maximum atomic E-state index is 13.0. The topological polar surface area (TPSA) is 237 Å². The number of rotatable bonds is 66. The number of carbonyl (C=O) groups is 4. The Morgan fingerprint density at radius 3 is 0.791 bits per heavy atom. The van der Waals surface area contributed by atoms with Crippen molar-refractivity contribution in [3.8, 4) is 0 Å². The van der Waals surface area contributed by atoms with Crippen LogP contribution in [0.1, 0.15) is 337 Å². The van der Waals surface area contributed by atoms with E-state index in [1.54, 1.807) is 0 Å². The lowest BCUT2D eigenvalue weighted by atomic mass is 10.0. The summed E-state index contributed by atoms with van der Waals surface area (Å²) in [6.45, 7) is 9.34. The molecule has 19 heteroatoms. The second-order valence-electron chi connectivity index (χ2n) is 25.2. The zero-order valence-electron chi connectivity index (χ0n) is 55.6. The SMILES string of the molecule is CCCCCCCCCCCCCCCCCCCC(=O)O[C@H](COC(=O)CCCCCCCCCCCCC)COP(=O)(O)OC[C@@H](O)COP(=O)(O)OC[C@@H](COC(=O)CCCCCCCCC(C)C)OC(=O)CCCCCCCCC(C)C. The second kappa shape index (κ2) is 59.4. The Morgan fingerprint density at radius 2 is 0.535 bits per heavy atom. The van der Waals surface area contributed by atoms with Gasteiger partial charge in [0, 0.05) is 25.7 Å². The van der Waals surface area contributed by atoms with Gasteiger partial charge >= 0.3 is 39.5 Å². The molecule has 0 aliphatic carbocycles. The minimum atomic E-state index is -4.95. The minimum absolute atomic E-state index is 0.101. The van der Waals surface area contributed by atoms with Crippen LogP contribution in [0.3, 0.4) is 0 Å². The minimum Gasteiger partial charge on any atom is -0.462 e. The smallest absolute Gasteiger partial charge is 0.462 e. The van der Waals surface area contributed by atoms with Crippen molar-refractivity contribution in [2.75, 3.05) is 39.6 Å². The van der Waals surface area contributed by atoms with Crippen molar-refractivity contribution in [3.63, 3.8) is 0 Å². The number of hydrogen-bond donors (Lipinski definition) is 3. The lowest BCUT2D eigenvalue weighted by Crippen LogP contribution is -2.30. The fraction of sp³-hybridized carbons (Fsp3) is 0.940. The molecule has 3 N–H and O–H groups in total. The molecule has 0 bridgehead atoms. The first-order valence-electron chi connectivity index (χ1n) is 35.0. The van der Waals surface area contributed by atoms with E-state index in [1.165, 1.54) is 148 Å². The summed E-state index contributed by atoms with van der Waals surface area (Å²) in [4.78, 5) is 72.3. The molecule has 0 aromatic heterocycles. The molecular formula is C67H130O17P2. The summed E-state index contributed by atoms with van der Waals surface area (Å²) in [7, 11) is -9.89. The van der Waals surface area contributed by atoms with Gasteiger partial charge in [0.25, 0.3) is 0 Å². The highest BCUT2D eigenvalue weighted by molar-refractivity contribution is 7.47. The monoisotopic (exact) mass is 1270 g/mol. The molecule has 510 valence electrons. The standard InChI is InChI=1S/C67H130O17P2/c1-7-9-11-13-15-17-19-20-21-22-23-24-26-28-30-39-45-51-66(71)83-62(55-77-64(69)49-43-37-29-27-25-18-16-14-12-10-8-2)57-81-85(73,74)79-53-61(68)54-80-86(75,76)82-58-63(84-67(72)52-46-40-34-32-36-42-48-60(5)6)56-78-65(70)50-44-38-33-31-35-41-47-59(3)4/h59-63,68H,7-58H2,1-6H3,(H,73,74)(H,75,76)/t61-,62-,63-/m1/s1. The molecule has 0 aromatic rings. The van der Waals surface area contributed by atoms with Crippen LogP contribution in [0.5, 0.6) is 0 Å². The van der Waals surface area contributed by atoms with Gasteiger partial charge < -0.3 is 33.8 Å². The number of unbranched alkanes of at least 4 members (excludes halogenated alkanes) is 36. The van der Waals surface area contributed by atoms with Crippen LogP contribution in [0, 0.1) is 11.8 Å². The molecule has 0 amide bonds. The predicted octanol–water partition coefficient (Wildman–Crippen LogP) is 18.8. The molecule has 0 saturated heterocycles. The van der Waals surface area contributed by atoms with Gasteiger partial charge in [0.1, 0.15) is 19.3 Å². The fourth-order valence-electron chi connectivity index (χ4n) is 10.1. The molecule has 0 saturated carbocycles. The van der Waals surface area contributed by atoms with E-state index in [0.29, 0.717) is 37.5 Å². The molecule has 17 nitrogen and oxygen atoms in total. The number of carbonyl (C=O) groups excluding carboxylic acids is 4. The molecule has 2 unspecified atom stereocenters. The van der Waals surface area contributed by atoms with Gasteiger partial charge in [0.15, 0.2) is 12.2 Å². The van der Waals surface area contributed by atoms with Crippen molar-refractivity contribution in [1.82, 2.24) is 0 Å². The quantitative estimate of drug-likeness (QED) is 0.0222. The Balaban J connectivity index is 5.20. The van der Waals surface area contributed by atoms with Gasteiger partial charge in [-0.25, -0.2) is 9.13 Å². The van der Waals surface area contributed by atoms with E-state index < -0.39 is 97.5 Å². The van der Waals surface area contributed by atoms with Gasteiger partial charge in [-0.2, -0.15) is 0 Å². The highest BCUT2D eigenvalue weighted by Crippen LogP contribution is 2.45. The predicted molar refractivity (Wildman–Crippen MR) is 345 cm³/mol. The number of phosphoric acid groups is 2. The van der Waals surface area contributed by atoms with Gasteiger partial charge in [-0.05, 0) is 37.5 Å². The Labute approximate surface area is 524 Å². The van der Waals surface area contributed by atoms with E-state index in [2.05, 4.69) is 41.5 Å². The Hall–Kier alpha value is -1.94. The normalized spacial score (nSPS) is 14.2. The molecule has 0 spiro atoms. The molecule has 0 heterocycles. The van der Waals surface area contributed by atoms with Crippen molar-refractivity contribution in [1.29, 1.82) is 0 Å². The third-order valence-electron chi connectivity index (χ3n) is 15.5. The molecule has 0 aliphatic heterocycles. The zero-order valence-corrected chi connectivity index (χ0v) is 57.4. The highest BCUT2D eigenvalue weighted by atomic mass is 31.2. The summed E-state index contributed by atoms with van der Waals surface area (Å²) in [6.07, 6.45) is 43.4. The van der Waals surface area contributed by atoms with E-state index in [0.717, 1.165) is 96.3 Å². The van der Waals surface area contributed by atoms with Crippen molar-refractivity contribution in [2.45, 2.75) is 355 Å². The molecule has 0 aromatic carbocycles. The van der Waals surface area contributed by atoms with Crippen molar-refractivity contribution in [3.05, 3.63) is 0 Å². The average molecular weight is 1270 g/mol. The van der Waals surface area contributed by atoms with E-state index in [-0.39, 0.29) is 25.7 Å². The summed E-state index contributed by atoms with van der Waals surface area (Å²) in [6, 6.07) is 0. The fourth-order valence-corrected chi connectivity index (χ4v) is 11.6. The summed E-state index contributed by atoms with van der Waals surface area (Å²) in [5, 5.41) is 10.5. The zero-order chi connectivity index (χ0) is 63.6. The summed E-state index contributed by atoms with van der Waals surface area (Å²) in [5.41, 5.74) is 0. The summed E-state index contributed by atoms with van der Waals surface area (Å²) >= 11 is 0. The van der Waals surface area contributed by atoms with Crippen molar-refractivity contribution in [2.24, 2.45) is 11.8 Å². The van der Waals surface area contributed by atoms with Crippen LogP contribution in [-0.4, -0.2) is 96.7 Å². The van der Waals surface area contributed by atoms with E-state index in [1.807, 2.05) is 0 Å². The number of phosphoric ester groups is 2. The van der Waals surface area contributed by atoms with Crippen LogP contribution in [0.15, 0.2) is 0 Å². The largest absolute Gasteiger partial charge is 0.472 e. The van der Waals surface area contributed by atoms with Gasteiger partial charge in [-0.3, -0.25) is 37.3 Å². The molecule has 0 aliphatic rings. The Bertz CT molecular complexity index is 1680. The van der Waals surface area contributed by atoms with Gasteiger partial charge in [0.2, 0.25) is 0 Å². The van der Waals surface area contributed by atoms with Crippen LogP contribution in [0.2, 0.25) is 0 Å².